The maximum absolute atomic E-state index is 10.7. The molecule has 0 N–H and O–H groups in total. The molecule has 0 saturated carbocycles. The predicted octanol–water partition coefficient (Wildman–Crippen LogP) is 2.18. The highest BCUT2D eigenvalue weighted by Gasteiger charge is 2.07. The van der Waals surface area contributed by atoms with Crippen LogP contribution in [0.3, 0.4) is 0 Å². The highest BCUT2D eigenvalue weighted by atomic mass is 16.5. The lowest BCUT2D eigenvalue weighted by atomic mass is 10.1. The number of esters is 1. The summed E-state index contributed by atoms with van der Waals surface area (Å²) in [6, 6.07) is 9.00. The molecule has 0 bridgehead atoms. The second-order valence-corrected chi connectivity index (χ2v) is 2.99. The summed E-state index contributed by atoms with van der Waals surface area (Å²) in [5.74, 6) is -0.304. The van der Waals surface area contributed by atoms with Gasteiger partial charge in [0.25, 0.3) is 0 Å². The maximum Gasteiger partial charge on any atom is 0.303 e. The lowest BCUT2D eigenvalue weighted by molar-refractivity contribution is -0.145. The number of ether oxygens (including phenoxy) is 1. The molecule has 0 spiro atoms. The van der Waals surface area contributed by atoms with Crippen LogP contribution in [0.1, 0.15) is 31.1 Å². The van der Waals surface area contributed by atoms with Crippen LogP contribution < -0.4 is 0 Å². The summed E-state index contributed by atoms with van der Waals surface area (Å²) in [6.45, 7) is 3.17. The molecule has 0 radical (unpaired) electrons. The number of carbonyl (C=O) groups excluding carboxylic acids is 1. The van der Waals surface area contributed by atoms with Gasteiger partial charge in [0.1, 0.15) is 6.10 Å². The molecule has 0 aliphatic carbocycles. The standard InChI is InChI=1S/C11H11NO2/c1-8(14-9(2)13)11-5-3-10(7-12)4-6-11/h3-6,8H,1-2H3/t8-/m0/s1. The topological polar surface area (TPSA) is 50.1 Å². The van der Waals surface area contributed by atoms with Gasteiger partial charge in [-0.3, -0.25) is 4.79 Å². The molecule has 0 aliphatic heterocycles. The van der Waals surface area contributed by atoms with Crippen LogP contribution in [0.5, 0.6) is 0 Å². The fourth-order valence-electron chi connectivity index (χ4n) is 1.15. The molecule has 1 rings (SSSR count). The van der Waals surface area contributed by atoms with Gasteiger partial charge >= 0.3 is 5.97 Å². The molecule has 1 atom stereocenters. The Morgan fingerprint density at radius 2 is 2.00 bits per heavy atom. The summed E-state index contributed by atoms with van der Waals surface area (Å²) in [4.78, 5) is 10.7. The van der Waals surface area contributed by atoms with Crippen molar-refractivity contribution in [1.29, 1.82) is 5.26 Å². The van der Waals surface area contributed by atoms with Crippen LogP contribution in [0.25, 0.3) is 0 Å². The SMILES string of the molecule is CC(=O)O[C@@H](C)c1ccc(C#N)cc1. The number of nitrogens with zero attached hydrogens (tertiary/aromatic N) is 1. The van der Waals surface area contributed by atoms with E-state index in [1.807, 2.05) is 6.07 Å². The summed E-state index contributed by atoms with van der Waals surface area (Å²) < 4.78 is 4.99. The van der Waals surface area contributed by atoms with E-state index < -0.39 is 0 Å². The molecule has 72 valence electrons. The second kappa shape index (κ2) is 4.43. The van der Waals surface area contributed by atoms with Crippen molar-refractivity contribution in [2.45, 2.75) is 20.0 Å². The number of hydrogen-bond acceptors (Lipinski definition) is 3. The number of benzene rings is 1. The molecular formula is C11H11NO2. The fraction of sp³-hybridized carbons (Fsp3) is 0.273. The Balaban J connectivity index is 2.77. The van der Waals surface area contributed by atoms with Crippen molar-refractivity contribution in [3.63, 3.8) is 0 Å². The Morgan fingerprint density at radius 3 is 2.43 bits per heavy atom. The zero-order chi connectivity index (χ0) is 10.6. The van der Waals surface area contributed by atoms with E-state index in [0.29, 0.717) is 5.56 Å². The van der Waals surface area contributed by atoms with Crippen LogP contribution >= 0.6 is 0 Å². The molecule has 0 amide bonds. The Kier molecular flexibility index (Phi) is 3.24. The first-order valence-electron chi connectivity index (χ1n) is 4.30. The van der Waals surface area contributed by atoms with Crippen molar-refractivity contribution in [2.75, 3.05) is 0 Å². The fourth-order valence-corrected chi connectivity index (χ4v) is 1.15. The largest absolute Gasteiger partial charge is 0.458 e. The summed E-state index contributed by atoms with van der Waals surface area (Å²) in [6.07, 6.45) is -0.264. The van der Waals surface area contributed by atoms with E-state index in [4.69, 9.17) is 10.00 Å². The Morgan fingerprint density at radius 1 is 1.43 bits per heavy atom. The minimum Gasteiger partial charge on any atom is -0.458 e. The predicted molar refractivity (Wildman–Crippen MR) is 51.3 cm³/mol. The Labute approximate surface area is 82.9 Å². The zero-order valence-corrected chi connectivity index (χ0v) is 8.15. The summed E-state index contributed by atoms with van der Waals surface area (Å²) >= 11 is 0. The van der Waals surface area contributed by atoms with Gasteiger partial charge in [0, 0.05) is 6.92 Å². The lowest BCUT2D eigenvalue weighted by Crippen LogP contribution is -2.04. The average Bonchev–Trinajstić information content (AvgIpc) is 2.17. The van der Waals surface area contributed by atoms with E-state index >= 15 is 0 Å². The van der Waals surface area contributed by atoms with Gasteiger partial charge in [-0.15, -0.1) is 0 Å². The third kappa shape index (κ3) is 2.60. The van der Waals surface area contributed by atoms with Crippen molar-refractivity contribution >= 4 is 5.97 Å². The van der Waals surface area contributed by atoms with Crippen molar-refractivity contribution in [1.82, 2.24) is 0 Å². The number of carbonyl (C=O) groups is 1. The van der Waals surface area contributed by atoms with E-state index in [1.54, 1.807) is 31.2 Å². The maximum atomic E-state index is 10.7. The van der Waals surface area contributed by atoms with E-state index in [1.165, 1.54) is 6.92 Å². The molecule has 0 aliphatic rings. The van der Waals surface area contributed by atoms with Gasteiger partial charge in [-0.05, 0) is 24.6 Å². The smallest absolute Gasteiger partial charge is 0.303 e. The highest BCUT2D eigenvalue weighted by Crippen LogP contribution is 2.16. The number of rotatable bonds is 2. The molecule has 1 aromatic carbocycles. The van der Waals surface area contributed by atoms with E-state index in [9.17, 15) is 4.79 Å². The van der Waals surface area contributed by atoms with Gasteiger partial charge in [-0.1, -0.05) is 12.1 Å². The van der Waals surface area contributed by atoms with Gasteiger partial charge < -0.3 is 4.74 Å². The summed E-state index contributed by atoms with van der Waals surface area (Å²) in [7, 11) is 0. The summed E-state index contributed by atoms with van der Waals surface area (Å²) in [5.41, 5.74) is 1.49. The molecule has 14 heavy (non-hydrogen) atoms. The zero-order valence-electron chi connectivity index (χ0n) is 8.15. The van der Waals surface area contributed by atoms with Gasteiger partial charge in [-0.2, -0.15) is 5.26 Å². The lowest BCUT2D eigenvalue weighted by Gasteiger charge is -2.11. The van der Waals surface area contributed by atoms with E-state index in [0.717, 1.165) is 5.56 Å². The van der Waals surface area contributed by atoms with Crippen LogP contribution in [0.4, 0.5) is 0 Å². The average molecular weight is 189 g/mol. The first-order chi connectivity index (χ1) is 6.63. The van der Waals surface area contributed by atoms with Crippen molar-refractivity contribution in [2.24, 2.45) is 0 Å². The molecule has 0 saturated heterocycles. The molecule has 0 aromatic heterocycles. The molecule has 0 fully saturated rings. The van der Waals surface area contributed by atoms with Crippen LogP contribution in [-0.2, 0) is 9.53 Å². The molecule has 0 heterocycles. The highest BCUT2D eigenvalue weighted by molar-refractivity contribution is 5.66. The number of hydrogen-bond donors (Lipinski definition) is 0. The number of nitriles is 1. The van der Waals surface area contributed by atoms with Crippen molar-refractivity contribution < 1.29 is 9.53 Å². The van der Waals surface area contributed by atoms with Crippen molar-refractivity contribution in [3.05, 3.63) is 35.4 Å². The third-order valence-corrected chi connectivity index (χ3v) is 1.85. The molecule has 1 aromatic rings. The first kappa shape index (κ1) is 10.3. The Hall–Kier alpha value is -1.82. The van der Waals surface area contributed by atoms with Gasteiger partial charge in [0.15, 0.2) is 0 Å². The molecule has 3 nitrogen and oxygen atoms in total. The molecule has 0 unspecified atom stereocenters. The molecular weight excluding hydrogens is 178 g/mol. The van der Waals surface area contributed by atoms with Crippen LogP contribution in [0, 0.1) is 11.3 Å². The monoisotopic (exact) mass is 189 g/mol. The van der Waals surface area contributed by atoms with Gasteiger partial charge in [0.2, 0.25) is 0 Å². The summed E-state index contributed by atoms with van der Waals surface area (Å²) in [5, 5.41) is 8.58. The van der Waals surface area contributed by atoms with Crippen LogP contribution in [-0.4, -0.2) is 5.97 Å². The third-order valence-electron chi connectivity index (χ3n) is 1.85. The first-order valence-corrected chi connectivity index (χ1v) is 4.30. The minimum atomic E-state index is -0.304. The van der Waals surface area contributed by atoms with E-state index in [2.05, 4.69) is 0 Å². The van der Waals surface area contributed by atoms with Crippen LogP contribution in [0.15, 0.2) is 24.3 Å². The minimum absolute atomic E-state index is 0.264. The normalized spacial score (nSPS) is 11.5. The molecule has 3 heteroatoms. The van der Waals surface area contributed by atoms with Gasteiger partial charge in [0.05, 0.1) is 11.6 Å². The van der Waals surface area contributed by atoms with Crippen molar-refractivity contribution in [3.8, 4) is 6.07 Å². The van der Waals surface area contributed by atoms with Crippen LogP contribution in [0.2, 0.25) is 0 Å². The Bertz CT molecular complexity index is 362. The van der Waals surface area contributed by atoms with E-state index in [-0.39, 0.29) is 12.1 Å². The second-order valence-electron chi connectivity index (χ2n) is 2.99. The quantitative estimate of drug-likeness (QED) is 0.670. The van der Waals surface area contributed by atoms with Gasteiger partial charge in [-0.25, -0.2) is 0 Å².